The van der Waals surface area contributed by atoms with Gasteiger partial charge in [-0.3, -0.25) is 0 Å². The molecule has 1 fully saturated rings. The summed E-state index contributed by atoms with van der Waals surface area (Å²) in [4.78, 5) is 12.6. The molecule has 8 heteroatoms. The molecule has 6 nitrogen and oxygen atoms in total. The highest BCUT2D eigenvalue weighted by molar-refractivity contribution is 14.0. The van der Waals surface area contributed by atoms with E-state index in [1.165, 1.54) is 4.88 Å². The summed E-state index contributed by atoms with van der Waals surface area (Å²) in [6.07, 6.45) is 3.29. The SMILES string of the molecule is CC1CN(c2ccc(CN=C(N)NCCc3cccs3)cn2)CC(C)O1.I. The largest absolute Gasteiger partial charge is 0.372 e. The van der Waals surface area contributed by atoms with Gasteiger partial charge in [-0.1, -0.05) is 12.1 Å². The van der Waals surface area contributed by atoms with Crippen molar-refractivity contribution in [1.29, 1.82) is 0 Å². The van der Waals surface area contributed by atoms with Gasteiger partial charge in [0.1, 0.15) is 5.82 Å². The first-order chi connectivity index (χ1) is 12.6. The molecule has 0 spiro atoms. The van der Waals surface area contributed by atoms with E-state index in [-0.39, 0.29) is 36.2 Å². The van der Waals surface area contributed by atoms with E-state index in [2.05, 4.69) is 63.7 Å². The highest BCUT2D eigenvalue weighted by Gasteiger charge is 2.22. The smallest absolute Gasteiger partial charge is 0.188 e. The normalized spacial score (nSPS) is 20.2. The summed E-state index contributed by atoms with van der Waals surface area (Å²) >= 11 is 1.76. The summed E-state index contributed by atoms with van der Waals surface area (Å²) in [5.41, 5.74) is 6.99. The molecule has 0 saturated carbocycles. The Bertz CT molecular complexity index is 697. The van der Waals surface area contributed by atoms with E-state index >= 15 is 0 Å². The molecule has 2 aromatic heterocycles. The Morgan fingerprint density at radius 1 is 1.33 bits per heavy atom. The lowest BCUT2D eigenvalue weighted by Crippen LogP contribution is -2.45. The fourth-order valence-corrected chi connectivity index (χ4v) is 3.77. The Balaban J connectivity index is 0.00000261. The molecule has 0 amide bonds. The molecule has 2 atom stereocenters. The van der Waals surface area contributed by atoms with Crippen molar-refractivity contribution in [3.63, 3.8) is 0 Å². The highest BCUT2D eigenvalue weighted by Crippen LogP contribution is 2.18. The van der Waals surface area contributed by atoms with Crippen LogP contribution in [0.2, 0.25) is 0 Å². The minimum Gasteiger partial charge on any atom is -0.372 e. The molecule has 1 aliphatic heterocycles. The van der Waals surface area contributed by atoms with Crippen molar-refractivity contribution in [2.24, 2.45) is 10.7 Å². The van der Waals surface area contributed by atoms with Crippen LogP contribution in [-0.2, 0) is 17.7 Å². The van der Waals surface area contributed by atoms with Crippen LogP contribution in [0.1, 0.15) is 24.3 Å². The standard InChI is InChI=1S/C19H27N5OS.HI/c1-14-12-24(13-15(2)25-14)18-6-5-16(10-22-18)11-23-19(20)21-8-7-17-4-3-9-26-17;/h3-6,9-10,14-15H,7-8,11-13H2,1-2H3,(H3,20,21,23);1H. The number of aromatic nitrogens is 1. The number of nitrogens with one attached hydrogen (secondary N) is 1. The Labute approximate surface area is 182 Å². The number of morpholine rings is 1. The lowest BCUT2D eigenvalue weighted by Gasteiger charge is -2.36. The molecule has 0 aliphatic carbocycles. The Kier molecular flexibility index (Phi) is 8.78. The lowest BCUT2D eigenvalue weighted by atomic mass is 10.2. The van der Waals surface area contributed by atoms with Gasteiger partial charge in [0.15, 0.2) is 5.96 Å². The van der Waals surface area contributed by atoms with Gasteiger partial charge in [0.25, 0.3) is 0 Å². The van der Waals surface area contributed by atoms with Gasteiger partial charge in [0, 0.05) is 30.7 Å². The number of guanidine groups is 1. The van der Waals surface area contributed by atoms with Crippen molar-refractivity contribution in [3.05, 3.63) is 46.3 Å². The number of hydrogen-bond acceptors (Lipinski definition) is 5. The minimum absolute atomic E-state index is 0. The van der Waals surface area contributed by atoms with E-state index in [1.807, 2.05) is 6.20 Å². The van der Waals surface area contributed by atoms with Crippen LogP contribution in [0.3, 0.4) is 0 Å². The van der Waals surface area contributed by atoms with Crippen LogP contribution in [0, 0.1) is 0 Å². The van der Waals surface area contributed by atoms with Crippen LogP contribution in [-0.4, -0.2) is 42.8 Å². The van der Waals surface area contributed by atoms with Crippen molar-refractivity contribution in [2.45, 2.75) is 39.0 Å². The van der Waals surface area contributed by atoms with Crippen molar-refractivity contribution >= 4 is 47.1 Å². The van der Waals surface area contributed by atoms with E-state index in [4.69, 9.17) is 10.5 Å². The molecule has 3 heterocycles. The van der Waals surface area contributed by atoms with E-state index in [0.29, 0.717) is 12.5 Å². The average molecular weight is 501 g/mol. The van der Waals surface area contributed by atoms with Crippen LogP contribution in [0.4, 0.5) is 5.82 Å². The quantitative estimate of drug-likeness (QED) is 0.362. The molecule has 3 N–H and O–H groups in total. The molecule has 1 saturated heterocycles. The number of thiophene rings is 1. The number of aliphatic imine (C=N–C) groups is 1. The molecule has 2 unspecified atom stereocenters. The zero-order valence-corrected chi connectivity index (χ0v) is 18.9. The summed E-state index contributed by atoms with van der Waals surface area (Å²) in [6, 6.07) is 8.31. The summed E-state index contributed by atoms with van der Waals surface area (Å²) in [6.45, 7) is 7.26. The van der Waals surface area contributed by atoms with Gasteiger partial charge in [0.05, 0.1) is 18.8 Å². The van der Waals surface area contributed by atoms with Gasteiger partial charge in [-0.05, 0) is 43.3 Å². The number of nitrogens with two attached hydrogens (primary N) is 1. The molecule has 148 valence electrons. The van der Waals surface area contributed by atoms with Crippen LogP contribution in [0.15, 0.2) is 40.8 Å². The average Bonchev–Trinajstić information content (AvgIpc) is 3.13. The zero-order chi connectivity index (χ0) is 18.4. The molecule has 0 radical (unpaired) electrons. The fraction of sp³-hybridized carbons (Fsp3) is 0.474. The van der Waals surface area contributed by atoms with Crippen LogP contribution < -0.4 is 16.0 Å². The predicted molar refractivity (Wildman–Crippen MR) is 123 cm³/mol. The summed E-state index contributed by atoms with van der Waals surface area (Å²) in [7, 11) is 0. The number of rotatable bonds is 6. The summed E-state index contributed by atoms with van der Waals surface area (Å²) in [5, 5.41) is 5.24. The molecule has 1 aliphatic rings. The topological polar surface area (TPSA) is 75.8 Å². The summed E-state index contributed by atoms with van der Waals surface area (Å²) < 4.78 is 5.77. The number of nitrogens with zero attached hydrogens (tertiary/aromatic N) is 3. The first-order valence-electron chi connectivity index (χ1n) is 9.01. The van der Waals surface area contributed by atoms with E-state index < -0.39 is 0 Å². The van der Waals surface area contributed by atoms with Gasteiger partial charge in [-0.2, -0.15) is 0 Å². The Hall–Kier alpha value is -1.39. The monoisotopic (exact) mass is 501 g/mol. The number of anilines is 1. The maximum Gasteiger partial charge on any atom is 0.188 e. The van der Waals surface area contributed by atoms with Gasteiger partial charge < -0.3 is 20.7 Å². The van der Waals surface area contributed by atoms with Gasteiger partial charge >= 0.3 is 0 Å². The van der Waals surface area contributed by atoms with Gasteiger partial charge in [-0.25, -0.2) is 9.98 Å². The lowest BCUT2D eigenvalue weighted by molar-refractivity contribution is -0.00545. The molecule has 0 bridgehead atoms. The molecule has 2 aromatic rings. The van der Waals surface area contributed by atoms with Crippen LogP contribution >= 0.6 is 35.3 Å². The van der Waals surface area contributed by atoms with Gasteiger partial charge in [0.2, 0.25) is 0 Å². The minimum atomic E-state index is 0. The first-order valence-corrected chi connectivity index (χ1v) is 9.89. The Morgan fingerprint density at radius 2 is 2.11 bits per heavy atom. The third-order valence-electron chi connectivity index (χ3n) is 4.24. The van der Waals surface area contributed by atoms with E-state index in [0.717, 1.165) is 37.4 Å². The third kappa shape index (κ3) is 6.93. The second-order valence-corrected chi connectivity index (χ2v) is 7.68. The van der Waals surface area contributed by atoms with Crippen LogP contribution in [0.25, 0.3) is 0 Å². The fourth-order valence-electron chi connectivity index (χ4n) is 3.06. The van der Waals surface area contributed by atoms with Crippen molar-refractivity contribution < 1.29 is 4.74 Å². The van der Waals surface area contributed by atoms with Crippen molar-refractivity contribution in [2.75, 3.05) is 24.5 Å². The third-order valence-corrected chi connectivity index (χ3v) is 5.18. The molecular formula is C19H28IN5OS. The van der Waals surface area contributed by atoms with Crippen molar-refractivity contribution in [1.82, 2.24) is 10.3 Å². The van der Waals surface area contributed by atoms with Crippen LogP contribution in [0.5, 0.6) is 0 Å². The number of ether oxygens (including phenoxy) is 1. The maximum atomic E-state index is 5.94. The summed E-state index contributed by atoms with van der Waals surface area (Å²) in [5.74, 6) is 1.46. The molecule has 0 aromatic carbocycles. The van der Waals surface area contributed by atoms with E-state index in [9.17, 15) is 0 Å². The second kappa shape index (κ2) is 10.8. The molecule has 27 heavy (non-hydrogen) atoms. The zero-order valence-electron chi connectivity index (χ0n) is 15.8. The number of hydrogen-bond donors (Lipinski definition) is 2. The van der Waals surface area contributed by atoms with Gasteiger partial charge in [-0.15, -0.1) is 35.3 Å². The van der Waals surface area contributed by atoms with E-state index in [1.54, 1.807) is 11.3 Å². The molecule has 3 rings (SSSR count). The number of halogens is 1. The maximum absolute atomic E-state index is 5.94. The molecular weight excluding hydrogens is 473 g/mol. The van der Waals surface area contributed by atoms with Crippen molar-refractivity contribution in [3.8, 4) is 0 Å². The first kappa shape index (κ1) is 21.9. The Morgan fingerprint density at radius 3 is 2.74 bits per heavy atom. The number of pyridine rings is 1. The second-order valence-electron chi connectivity index (χ2n) is 6.64. The predicted octanol–water partition coefficient (Wildman–Crippen LogP) is 3.02. The highest BCUT2D eigenvalue weighted by atomic mass is 127.